The van der Waals surface area contributed by atoms with E-state index in [0.717, 1.165) is 12.8 Å². The van der Waals surface area contributed by atoms with Gasteiger partial charge < -0.3 is 9.47 Å². The highest BCUT2D eigenvalue weighted by atomic mass is 16.6. The van der Waals surface area contributed by atoms with E-state index in [0.29, 0.717) is 48.4 Å². The normalized spacial score (nSPS) is 26.2. The van der Waals surface area contributed by atoms with Crippen molar-refractivity contribution in [3.63, 3.8) is 0 Å². The predicted molar refractivity (Wildman–Crippen MR) is 108 cm³/mol. The van der Waals surface area contributed by atoms with E-state index >= 15 is 0 Å². The van der Waals surface area contributed by atoms with Gasteiger partial charge >= 0.3 is 5.97 Å². The maximum atomic E-state index is 13.1. The average Bonchev–Trinajstić information content (AvgIpc) is 3.25. The van der Waals surface area contributed by atoms with Gasteiger partial charge in [0, 0.05) is 48.1 Å². The lowest BCUT2D eigenvalue weighted by Crippen LogP contribution is -2.38. The van der Waals surface area contributed by atoms with Crippen LogP contribution in [0.5, 0.6) is 0 Å². The molecular formula is C22H24N2O6. The number of benzene rings is 1. The number of ketones is 1. The molecule has 2 aliphatic heterocycles. The highest BCUT2D eigenvalue weighted by Crippen LogP contribution is 2.44. The van der Waals surface area contributed by atoms with Gasteiger partial charge in [0.2, 0.25) is 0 Å². The van der Waals surface area contributed by atoms with E-state index in [1.54, 1.807) is 19.1 Å². The topological polar surface area (TPSA) is 108 Å². The van der Waals surface area contributed by atoms with Crippen molar-refractivity contribution in [2.24, 2.45) is 10.9 Å². The third kappa shape index (κ3) is 3.92. The van der Waals surface area contributed by atoms with Gasteiger partial charge in [0.1, 0.15) is 12.5 Å². The number of allylic oxidation sites excluding steroid dienone is 2. The van der Waals surface area contributed by atoms with E-state index in [-0.39, 0.29) is 24.2 Å². The van der Waals surface area contributed by atoms with Gasteiger partial charge in [0.05, 0.1) is 11.0 Å². The summed E-state index contributed by atoms with van der Waals surface area (Å²) in [5.74, 6) is -1.97. The first-order chi connectivity index (χ1) is 14.5. The number of non-ortho nitro benzene ring substituents is 1. The number of carbonyl (C=O) groups excluding carboxylic acids is 2. The summed E-state index contributed by atoms with van der Waals surface area (Å²) in [6, 6.07) is 6.14. The van der Waals surface area contributed by atoms with Gasteiger partial charge in [-0.15, -0.1) is 0 Å². The van der Waals surface area contributed by atoms with E-state index in [1.807, 2.05) is 0 Å². The molecule has 1 unspecified atom stereocenters. The highest BCUT2D eigenvalue weighted by Gasteiger charge is 2.43. The number of nitro groups is 1. The summed E-state index contributed by atoms with van der Waals surface area (Å²) >= 11 is 0. The van der Waals surface area contributed by atoms with Crippen LogP contribution in [0.15, 0.2) is 40.5 Å². The number of hydrogen-bond donors (Lipinski definition) is 0. The fraction of sp³-hybridized carbons (Fsp3) is 0.500. The maximum absolute atomic E-state index is 13.1. The predicted octanol–water partition coefficient (Wildman–Crippen LogP) is 3.50. The minimum absolute atomic E-state index is 0.0547. The fourth-order valence-corrected chi connectivity index (χ4v) is 4.54. The van der Waals surface area contributed by atoms with Crippen LogP contribution in [-0.2, 0) is 19.1 Å². The number of nitro benzene ring substituents is 1. The summed E-state index contributed by atoms with van der Waals surface area (Å²) in [5.41, 5.74) is 2.22. The minimum atomic E-state index is -0.797. The molecule has 1 aliphatic carbocycles. The zero-order valence-electron chi connectivity index (χ0n) is 16.8. The zero-order valence-corrected chi connectivity index (χ0v) is 16.8. The monoisotopic (exact) mass is 412 g/mol. The summed E-state index contributed by atoms with van der Waals surface area (Å²) in [6.45, 7) is 2.57. The summed E-state index contributed by atoms with van der Waals surface area (Å²) < 4.78 is 11.1. The second-order valence-corrected chi connectivity index (χ2v) is 7.96. The van der Waals surface area contributed by atoms with Crippen LogP contribution in [0.25, 0.3) is 0 Å². The average molecular weight is 412 g/mol. The first-order valence-corrected chi connectivity index (χ1v) is 10.3. The molecule has 30 heavy (non-hydrogen) atoms. The quantitative estimate of drug-likeness (QED) is 0.416. The Morgan fingerprint density at radius 2 is 2.17 bits per heavy atom. The number of nitrogens with zero attached hydrogens (tertiary/aromatic N) is 2. The van der Waals surface area contributed by atoms with Gasteiger partial charge in [-0.3, -0.25) is 24.7 Å². The largest absolute Gasteiger partial charge is 0.462 e. The molecule has 4 rings (SSSR count). The van der Waals surface area contributed by atoms with Crippen LogP contribution in [0.2, 0.25) is 0 Å². The Morgan fingerprint density at radius 1 is 1.33 bits per heavy atom. The molecule has 1 aromatic carbocycles. The molecule has 0 saturated carbocycles. The summed E-state index contributed by atoms with van der Waals surface area (Å²) in [4.78, 5) is 41.4. The van der Waals surface area contributed by atoms with Gasteiger partial charge in [-0.25, -0.2) is 0 Å². The molecule has 158 valence electrons. The maximum Gasteiger partial charge on any atom is 0.315 e. The molecule has 1 fully saturated rings. The number of hydrogen-bond acceptors (Lipinski definition) is 7. The van der Waals surface area contributed by atoms with Gasteiger partial charge in [0.25, 0.3) is 5.69 Å². The smallest absolute Gasteiger partial charge is 0.315 e. The number of ether oxygens (including phenoxy) is 2. The van der Waals surface area contributed by atoms with E-state index in [1.165, 1.54) is 12.1 Å². The molecule has 3 aliphatic rings. The molecule has 8 nitrogen and oxygen atoms in total. The third-order valence-electron chi connectivity index (χ3n) is 5.96. The van der Waals surface area contributed by atoms with Crippen molar-refractivity contribution >= 4 is 23.2 Å². The number of carbonyl (C=O) groups is 2. The summed E-state index contributed by atoms with van der Waals surface area (Å²) in [6.07, 6.45) is 3.42. The molecule has 2 heterocycles. The first kappa shape index (κ1) is 20.4. The van der Waals surface area contributed by atoms with E-state index < -0.39 is 22.7 Å². The summed E-state index contributed by atoms with van der Waals surface area (Å²) in [7, 11) is 0. The summed E-state index contributed by atoms with van der Waals surface area (Å²) in [5, 5.41) is 11.3. The Morgan fingerprint density at radius 3 is 2.90 bits per heavy atom. The standard InChI is InChI=1S/C22H24N2O6/c1-13-19(22(26)30-12-16-7-4-10-29-16)20(14-5-2-6-15(11-14)24(27)28)21-17(23-13)8-3-9-18(21)25/h2,5-6,11,16,19-20H,3-4,7-10,12H2,1H3/t16-,19?,20+/m1/s1. The van der Waals surface area contributed by atoms with Crippen LogP contribution in [0.3, 0.4) is 0 Å². The first-order valence-electron chi connectivity index (χ1n) is 10.3. The van der Waals surface area contributed by atoms with E-state index in [9.17, 15) is 19.7 Å². The number of Topliss-reactive ketones (excluding diaryl/α,β-unsaturated/α-hetero) is 1. The van der Waals surface area contributed by atoms with Crippen molar-refractivity contribution in [1.29, 1.82) is 0 Å². The number of rotatable bonds is 5. The lowest BCUT2D eigenvalue weighted by atomic mass is 9.71. The van der Waals surface area contributed by atoms with Crippen molar-refractivity contribution in [3.8, 4) is 0 Å². The number of aliphatic imine (C=N–C) groups is 1. The van der Waals surface area contributed by atoms with Crippen LogP contribution in [0.1, 0.15) is 50.5 Å². The molecular weight excluding hydrogens is 388 g/mol. The molecule has 0 spiro atoms. The molecule has 0 bridgehead atoms. The Bertz CT molecular complexity index is 945. The molecule has 0 amide bonds. The molecule has 0 radical (unpaired) electrons. The van der Waals surface area contributed by atoms with Gasteiger partial charge in [-0.2, -0.15) is 0 Å². The SMILES string of the molecule is CC1=NC2=C(C(=O)CCC2)[C@@H](c2cccc([N+](=O)[O-])c2)C1C(=O)OC[C@H]1CCCO1. The molecule has 8 heteroatoms. The molecule has 0 aromatic heterocycles. The van der Waals surface area contributed by atoms with Crippen molar-refractivity contribution in [3.05, 3.63) is 51.2 Å². The second-order valence-electron chi connectivity index (χ2n) is 7.96. The lowest BCUT2D eigenvalue weighted by Gasteiger charge is -2.34. The van der Waals surface area contributed by atoms with Crippen molar-refractivity contribution in [2.45, 2.75) is 51.0 Å². The van der Waals surface area contributed by atoms with Crippen molar-refractivity contribution < 1.29 is 24.0 Å². The minimum Gasteiger partial charge on any atom is -0.462 e. The van der Waals surface area contributed by atoms with Crippen LogP contribution >= 0.6 is 0 Å². The lowest BCUT2D eigenvalue weighted by molar-refractivity contribution is -0.384. The number of esters is 1. The Balaban J connectivity index is 1.71. The second kappa shape index (κ2) is 8.47. The Kier molecular flexibility index (Phi) is 5.76. The molecule has 0 N–H and O–H groups in total. The Hall–Kier alpha value is -2.87. The fourth-order valence-electron chi connectivity index (χ4n) is 4.54. The van der Waals surface area contributed by atoms with Gasteiger partial charge in [-0.05, 0) is 38.2 Å². The molecule has 3 atom stereocenters. The van der Waals surface area contributed by atoms with Gasteiger partial charge in [-0.1, -0.05) is 12.1 Å². The third-order valence-corrected chi connectivity index (χ3v) is 5.96. The van der Waals surface area contributed by atoms with Crippen LogP contribution in [0.4, 0.5) is 5.69 Å². The van der Waals surface area contributed by atoms with Crippen LogP contribution < -0.4 is 0 Å². The Labute approximate surface area is 174 Å². The molecule has 1 saturated heterocycles. The van der Waals surface area contributed by atoms with Crippen molar-refractivity contribution in [2.75, 3.05) is 13.2 Å². The van der Waals surface area contributed by atoms with Crippen molar-refractivity contribution in [1.82, 2.24) is 0 Å². The van der Waals surface area contributed by atoms with Gasteiger partial charge in [0.15, 0.2) is 5.78 Å². The van der Waals surface area contributed by atoms with E-state index in [2.05, 4.69) is 4.99 Å². The highest BCUT2D eigenvalue weighted by molar-refractivity contribution is 6.08. The van der Waals surface area contributed by atoms with Crippen LogP contribution in [-0.4, -0.2) is 41.7 Å². The zero-order chi connectivity index (χ0) is 21.3. The van der Waals surface area contributed by atoms with E-state index in [4.69, 9.17) is 9.47 Å². The molecule has 1 aromatic rings. The van der Waals surface area contributed by atoms with Crippen LogP contribution in [0, 0.1) is 16.0 Å².